The summed E-state index contributed by atoms with van der Waals surface area (Å²) in [6.45, 7) is 0. The van der Waals surface area contributed by atoms with E-state index in [1.165, 1.54) is 10.8 Å². The third-order valence-corrected chi connectivity index (χ3v) is 4.17. The van der Waals surface area contributed by atoms with Crippen LogP contribution in [0.5, 0.6) is 0 Å². The van der Waals surface area contributed by atoms with Crippen LogP contribution in [0.1, 0.15) is 10.4 Å². The van der Waals surface area contributed by atoms with E-state index in [9.17, 15) is 9.90 Å². The highest BCUT2D eigenvalue weighted by molar-refractivity contribution is 6.01. The maximum Gasteiger partial charge on any atom is 0.336 e. The van der Waals surface area contributed by atoms with Gasteiger partial charge in [0.2, 0.25) is 0 Å². The Morgan fingerprint density at radius 1 is 0.652 bits per heavy atom. The molecule has 0 saturated carbocycles. The Labute approximate surface area is 133 Å². The van der Waals surface area contributed by atoms with Crippen LogP contribution in [0.3, 0.4) is 0 Å². The lowest BCUT2D eigenvalue weighted by Crippen LogP contribution is -1.98. The normalized spacial score (nSPS) is 11.0. The molecule has 0 aliphatic rings. The summed E-state index contributed by atoms with van der Waals surface area (Å²) in [5.74, 6) is -0.904. The van der Waals surface area contributed by atoms with Crippen molar-refractivity contribution in [2.24, 2.45) is 0 Å². The van der Waals surface area contributed by atoms with E-state index < -0.39 is 5.97 Å². The van der Waals surface area contributed by atoms with E-state index in [-0.39, 0.29) is 0 Å². The second kappa shape index (κ2) is 5.25. The maximum atomic E-state index is 11.4. The standard InChI is InChI=1S/C21H14O2/c22-21(23)20-8-4-3-7-19(20)17-10-9-16-11-14-5-1-2-6-15(14)12-18(16)13-17/h1-13H,(H,22,23). The van der Waals surface area contributed by atoms with Crippen molar-refractivity contribution in [1.29, 1.82) is 0 Å². The first-order valence-corrected chi connectivity index (χ1v) is 7.48. The molecular formula is C21H14O2. The van der Waals surface area contributed by atoms with Crippen molar-refractivity contribution >= 4 is 27.5 Å². The fraction of sp³-hybridized carbons (Fsp3) is 0. The van der Waals surface area contributed by atoms with Crippen molar-refractivity contribution in [3.05, 3.63) is 84.4 Å². The quantitative estimate of drug-likeness (QED) is 0.506. The highest BCUT2D eigenvalue weighted by atomic mass is 16.4. The molecule has 2 heteroatoms. The number of fused-ring (bicyclic) bond motifs is 2. The van der Waals surface area contributed by atoms with Gasteiger partial charge < -0.3 is 5.11 Å². The average molecular weight is 298 g/mol. The molecule has 0 heterocycles. The van der Waals surface area contributed by atoms with Crippen molar-refractivity contribution in [2.75, 3.05) is 0 Å². The zero-order valence-electron chi connectivity index (χ0n) is 12.4. The molecule has 0 aromatic heterocycles. The Morgan fingerprint density at radius 3 is 2.00 bits per heavy atom. The molecule has 4 aromatic rings. The number of aromatic carboxylic acids is 1. The molecule has 0 saturated heterocycles. The van der Waals surface area contributed by atoms with Gasteiger partial charge in [0.25, 0.3) is 0 Å². The number of carboxylic acids is 1. The van der Waals surface area contributed by atoms with E-state index in [1.807, 2.05) is 30.3 Å². The molecule has 0 spiro atoms. The van der Waals surface area contributed by atoms with Crippen LogP contribution in [0, 0.1) is 0 Å². The minimum absolute atomic E-state index is 0.327. The van der Waals surface area contributed by atoms with Crippen molar-refractivity contribution in [2.45, 2.75) is 0 Å². The number of carboxylic acid groups (broad SMARTS) is 1. The van der Waals surface area contributed by atoms with Crippen molar-refractivity contribution in [3.8, 4) is 11.1 Å². The van der Waals surface area contributed by atoms with Crippen molar-refractivity contribution in [3.63, 3.8) is 0 Å². The molecule has 4 rings (SSSR count). The predicted octanol–water partition coefficient (Wildman–Crippen LogP) is 5.36. The number of hydrogen-bond donors (Lipinski definition) is 1. The lowest BCUT2D eigenvalue weighted by atomic mass is 9.96. The van der Waals surface area contributed by atoms with Crippen LogP contribution in [0.4, 0.5) is 0 Å². The molecule has 2 nitrogen and oxygen atoms in total. The van der Waals surface area contributed by atoms with Gasteiger partial charge in [-0.05, 0) is 56.9 Å². The van der Waals surface area contributed by atoms with Gasteiger partial charge in [-0.1, -0.05) is 54.6 Å². The largest absolute Gasteiger partial charge is 0.478 e. The molecule has 23 heavy (non-hydrogen) atoms. The topological polar surface area (TPSA) is 37.3 Å². The Balaban J connectivity index is 1.95. The molecule has 4 aromatic carbocycles. The number of hydrogen-bond acceptors (Lipinski definition) is 1. The minimum Gasteiger partial charge on any atom is -0.478 e. The number of rotatable bonds is 2. The zero-order valence-corrected chi connectivity index (χ0v) is 12.4. The van der Waals surface area contributed by atoms with E-state index in [0.29, 0.717) is 5.56 Å². The zero-order chi connectivity index (χ0) is 15.8. The first-order valence-electron chi connectivity index (χ1n) is 7.48. The molecule has 0 unspecified atom stereocenters. The molecule has 0 amide bonds. The predicted molar refractivity (Wildman–Crippen MR) is 93.8 cm³/mol. The Morgan fingerprint density at radius 2 is 1.26 bits per heavy atom. The molecule has 0 bridgehead atoms. The third-order valence-electron chi connectivity index (χ3n) is 4.17. The molecule has 110 valence electrons. The summed E-state index contributed by atoms with van der Waals surface area (Å²) in [5.41, 5.74) is 1.99. The van der Waals surface area contributed by atoms with Gasteiger partial charge in [0.05, 0.1) is 5.56 Å². The van der Waals surface area contributed by atoms with Crippen molar-refractivity contribution < 1.29 is 9.90 Å². The summed E-state index contributed by atoms with van der Waals surface area (Å²) in [5, 5.41) is 14.0. The van der Waals surface area contributed by atoms with Crippen LogP contribution in [-0.2, 0) is 0 Å². The third kappa shape index (κ3) is 2.34. The van der Waals surface area contributed by atoms with Crippen LogP contribution in [-0.4, -0.2) is 11.1 Å². The summed E-state index contributed by atoms with van der Waals surface area (Å²) in [6.07, 6.45) is 0. The highest BCUT2D eigenvalue weighted by Crippen LogP contribution is 2.29. The molecule has 0 radical (unpaired) electrons. The van der Waals surface area contributed by atoms with Crippen LogP contribution in [0.15, 0.2) is 78.9 Å². The van der Waals surface area contributed by atoms with Gasteiger partial charge in [0, 0.05) is 0 Å². The second-order valence-corrected chi connectivity index (χ2v) is 5.61. The molecule has 1 N–H and O–H groups in total. The lowest BCUT2D eigenvalue weighted by Gasteiger charge is -2.08. The van der Waals surface area contributed by atoms with Gasteiger partial charge in [0.1, 0.15) is 0 Å². The SMILES string of the molecule is O=C(O)c1ccccc1-c1ccc2cc3ccccc3cc2c1. The van der Waals surface area contributed by atoms with Gasteiger partial charge >= 0.3 is 5.97 Å². The average Bonchev–Trinajstić information content (AvgIpc) is 2.59. The Kier molecular flexibility index (Phi) is 3.09. The van der Waals surface area contributed by atoms with E-state index in [1.54, 1.807) is 12.1 Å². The second-order valence-electron chi connectivity index (χ2n) is 5.61. The first kappa shape index (κ1) is 13.5. The smallest absolute Gasteiger partial charge is 0.336 e. The van der Waals surface area contributed by atoms with Crippen LogP contribution >= 0.6 is 0 Å². The molecule has 0 aliphatic heterocycles. The van der Waals surface area contributed by atoms with Crippen LogP contribution in [0.2, 0.25) is 0 Å². The Hall–Kier alpha value is -3.13. The fourth-order valence-corrected chi connectivity index (χ4v) is 3.03. The Bertz CT molecular complexity index is 1050. The molecular weight excluding hydrogens is 284 g/mol. The van der Waals surface area contributed by atoms with Crippen LogP contribution in [0.25, 0.3) is 32.7 Å². The van der Waals surface area contributed by atoms with Gasteiger partial charge in [0.15, 0.2) is 0 Å². The molecule has 0 atom stereocenters. The molecule has 0 aliphatic carbocycles. The fourth-order valence-electron chi connectivity index (χ4n) is 3.03. The van der Waals surface area contributed by atoms with E-state index in [2.05, 4.69) is 36.4 Å². The summed E-state index contributed by atoms with van der Waals surface area (Å²) in [4.78, 5) is 11.4. The summed E-state index contributed by atoms with van der Waals surface area (Å²) >= 11 is 0. The van der Waals surface area contributed by atoms with Gasteiger partial charge in [-0.3, -0.25) is 0 Å². The minimum atomic E-state index is -0.904. The number of carbonyl (C=O) groups is 1. The van der Waals surface area contributed by atoms with E-state index >= 15 is 0 Å². The lowest BCUT2D eigenvalue weighted by molar-refractivity contribution is 0.0697. The van der Waals surface area contributed by atoms with E-state index in [0.717, 1.165) is 21.9 Å². The number of benzene rings is 4. The van der Waals surface area contributed by atoms with Gasteiger partial charge in [-0.25, -0.2) is 4.79 Å². The summed E-state index contributed by atoms with van der Waals surface area (Å²) in [6, 6.07) is 25.8. The van der Waals surface area contributed by atoms with Crippen LogP contribution < -0.4 is 0 Å². The summed E-state index contributed by atoms with van der Waals surface area (Å²) in [7, 11) is 0. The monoisotopic (exact) mass is 298 g/mol. The highest BCUT2D eigenvalue weighted by Gasteiger charge is 2.11. The van der Waals surface area contributed by atoms with Crippen molar-refractivity contribution in [1.82, 2.24) is 0 Å². The van der Waals surface area contributed by atoms with Gasteiger partial charge in [-0.15, -0.1) is 0 Å². The van der Waals surface area contributed by atoms with E-state index in [4.69, 9.17) is 0 Å². The maximum absolute atomic E-state index is 11.4. The van der Waals surface area contributed by atoms with Gasteiger partial charge in [-0.2, -0.15) is 0 Å². The molecule has 0 fully saturated rings. The summed E-state index contributed by atoms with van der Waals surface area (Å²) < 4.78 is 0. The first-order chi connectivity index (χ1) is 11.2.